The quantitative estimate of drug-likeness (QED) is 0.731. The Morgan fingerprint density at radius 3 is 2.75 bits per heavy atom. The van der Waals surface area contributed by atoms with E-state index in [1.807, 2.05) is 0 Å². The first-order valence-electron chi connectivity index (χ1n) is 6.02. The molecule has 86 valence electrons. The monoisotopic (exact) mass is 236 g/mol. The third-order valence-electron chi connectivity index (χ3n) is 3.93. The molecule has 1 aromatic carbocycles. The smallest absolute Gasteiger partial charge is 0.0398 e. The Kier molecular flexibility index (Phi) is 2.88. The second-order valence-corrected chi connectivity index (χ2v) is 5.45. The Balaban J connectivity index is 1.79. The van der Waals surface area contributed by atoms with Gasteiger partial charge in [0, 0.05) is 23.9 Å². The number of rotatable bonds is 1. The normalized spacial score (nSPS) is 38.3. The summed E-state index contributed by atoms with van der Waals surface area (Å²) in [6.45, 7) is 1.01. The van der Waals surface area contributed by atoms with E-state index in [0.717, 1.165) is 13.0 Å². The molecular formula is C13H17ClN2. The molecule has 1 aromatic rings. The molecule has 1 saturated carbocycles. The average molecular weight is 237 g/mol. The third-order valence-corrected chi connectivity index (χ3v) is 4.43. The molecule has 0 bridgehead atoms. The Hall–Kier alpha value is -0.570. The molecule has 0 radical (unpaired) electrons. The summed E-state index contributed by atoms with van der Waals surface area (Å²) in [6.07, 6.45) is 2.31. The van der Waals surface area contributed by atoms with Gasteiger partial charge < -0.3 is 0 Å². The van der Waals surface area contributed by atoms with Crippen molar-refractivity contribution < 1.29 is 0 Å². The Morgan fingerprint density at radius 1 is 1.12 bits per heavy atom. The van der Waals surface area contributed by atoms with Crippen LogP contribution in [-0.4, -0.2) is 18.0 Å². The predicted octanol–water partition coefficient (Wildman–Crippen LogP) is 2.26. The lowest BCUT2D eigenvalue weighted by Crippen LogP contribution is -2.40. The van der Waals surface area contributed by atoms with Crippen molar-refractivity contribution in [3.8, 4) is 0 Å². The summed E-state index contributed by atoms with van der Waals surface area (Å²) in [7, 11) is 0. The fourth-order valence-electron chi connectivity index (χ4n) is 3.02. The van der Waals surface area contributed by atoms with Crippen LogP contribution in [0.5, 0.6) is 0 Å². The highest BCUT2D eigenvalue weighted by atomic mass is 35.5. The van der Waals surface area contributed by atoms with Crippen molar-refractivity contribution in [3.63, 3.8) is 0 Å². The SMILES string of the molecule is ClC1CC(c2ccccc2)CC2NNCC12. The number of hydrogen-bond donors (Lipinski definition) is 2. The van der Waals surface area contributed by atoms with E-state index in [4.69, 9.17) is 11.6 Å². The molecule has 3 rings (SSSR count). The van der Waals surface area contributed by atoms with Crippen LogP contribution >= 0.6 is 11.6 Å². The maximum absolute atomic E-state index is 6.48. The van der Waals surface area contributed by atoms with Crippen molar-refractivity contribution in [3.05, 3.63) is 35.9 Å². The standard InChI is InChI=1S/C13H17ClN2/c14-12-6-10(9-4-2-1-3-5-9)7-13-11(12)8-15-16-13/h1-5,10-13,15-16H,6-8H2. The molecule has 4 atom stereocenters. The van der Waals surface area contributed by atoms with Gasteiger partial charge in [-0.3, -0.25) is 10.9 Å². The van der Waals surface area contributed by atoms with Gasteiger partial charge in [-0.1, -0.05) is 30.3 Å². The van der Waals surface area contributed by atoms with Crippen LogP contribution in [0.15, 0.2) is 30.3 Å². The number of benzene rings is 1. The van der Waals surface area contributed by atoms with Gasteiger partial charge in [0.25, 0.3) is 0 Å². The number of halogens is 1. The summed E-state index contributed by atoms with van der Waals surface area (Å²) in [6, 6.07) is 11.3. The van der Waals surface area contributed by atoms with E-state index >= 15 is 0 Å². The summed E-state index contributed by atoms with van der Waals surface area (Å²) in [5.74, 6) is 1.21. The molecule has 0 amide bonds. The Labute approximate surface area is 101 Å². The van der Waals surface area contributed by atoms with Crippen molar-refractivity contribution >= 4 is 11.6 Å². The van der Waals surface area contributed by atoms with Gasteiger partial charge in [0.2, 0.25) is 0 Å². The third kappa shape index (κ3) is 1.86. The molecule has 1 saturated heterocycles. The highest BCUT2D eigenvalue weighted by Gasteiger charge is 2.39. The van der Waals surface area contributed by atoms with Crippen LogP contribution in [0.2, 0.25) is 0 Å². The van der Waals surface area contributed by atoms with Crippen LogP contribution in [0.1, 0.15) is 24.3 Å². The summed E-state index contributed by atoms with van der Waals surface area (Å²) in [5.41, 5.74) is 8.02. The number of alkyl halides is 1. The van der Waals surface area contributed by atoms with E-state index in [-0.39, 0.29) is 0 Å². The molecule has 1 heterocycles. The van der Waals surface area contributed by atoms with Gasteiger partial charge in [-0.05, 0) is 24.3 Å². The largest absolute Gasteiger partial charge is 0.257 e. The number of fused-ring (bicyclic) bond motifs is 1. The lowest BCUT2D eigenvalue weighted by Gasteiger charge is -2.34. The van der Waals surface area contributed by atoms with Crippen LogP contribution in [0.25, 0.3) is 0 Å². The van der Waals surface area contributed by atoms with E-state index in [1.54, 1.807) is 0 Å². The minimum absolute atomic E-state index is 0.298. The summed E-state index contributed by atoms with van der Waals surface area (Å²) in [5, 5.41) is 0.298. The van der Waals surface area contributed by atoms with Crippen LogP contribution in [0.3, 0.4) is 0 Å². The molecule has 2 fully saturated rings. The second kappa shape index (κ2) is 4.36. The summed E-state index contributed by atoms with van der Waals surface area (Å²) >= 11 is 6.48. The van der Waals surface area contributed by atoms with E-state index in [0.29, 0.717) is 23.3 Å². The molecule has 0 spiro atoms. The van der Waals surface area contributed by atoms with Gasteiger partial charge in [-0.15, -0.1) is 11.6 Å². The first kappa shape index (κ1) is 10.6. The maximum atomic E-state index is 6.48. The van der Waals surface area contributed by atoms with Gasteiger partial charge in [-0.25, -0.2) is 0 Å². The van der Waals surface area contributed by atoms with Crippen LogP contribution < -0.4 is 10.9 Å². The molecule has 1 aliphatic heterocycles. The van der Waals surface area contributed by atoms with Crippen molar-refractivity contribution in [1.82, 2.24) is 10.9 Å². The second-order valence-electron chi connectivity index (χ2n) is 4.89. The maximum Gasteiger partial charge on any atom is 0.0398 e. The highest BCUT2D eigenvalue weighted by Crippen LogP contribution is 2.39. The fraction of sp³-hybridized carbons (Fsp3) is 0.538. The van der Waals surface area contributed by atoms with Crippen LogP contribution in [0, 0.1) is 5.92 Å². The number of hydrogen-bond acceptors (Lipinski definition) is 2. The fourth-order valence-corrected chi connectivity index (χ4v) is 3.50. The summed E-state index contributed by atoms with van der Waals surface area (Å²) in [4.78, 5) is 0. The van der Waals surface area contributed by atoms with E-state index in [9.17, 15) is 0 Å². The van der Waals surface area contributed by atoms with Crippen molar-refractivity contribution in [2.24, 2.45) is 5.92 Å². The molecule has 2 aliphatic rings. The van der Waals surface area contributed by atoms with Gasteiger partial charge in [0.1, 0.15) is 0 Å². The summed E-state index contributed by atoms with van der Waals surface area (Å²) < 4.78 is 0. The molecule has 4 unspecified atom stereocenters. The van der Waals surface area contributed by atoms with E-state index in [1.165, 1.54) is 12.0 Å². The van der Waals surface area contributed by atoms with Crippen molar-refractivity contribution in [2.45, 2.75) is 30.2 Å². The van der Waals surface area contributed by atoms with Crippen LogP contribution in [0.4, 0.5) is 0 Å². The highest BCUT2D eigenvalue weighted by molar-refractivity contribution is 6.21. The van der Waals surface area contributed by atoms with E-state index in [2.05, 4.69) is 41.2 Å². The van der Waals surface area contributed by atoms with Gasteiger partial charge in [0.05, 0.1) is 0 Å². The zero-order valence-corrected chi connectivity index (χ0v) is 9.95. The molecular weight excluding hydrogens is 220 g/mol. The molecule has 3 heteroatoms. The zero-order chi connectivity index (χ0) is 11.0. The van der Waals surface area contributed by atoms with Crippen LogP contribution in [-0.2, 0) is 0 Å². The Bertz CT molecular complexity index is 354. The first-order chi connectivity index (χ1) is 7.84. The lowest BCUT2D eigenvalue weighted by atomic mass is 9.76. The van der Waals surface area contributed by atoms with Gasteiger partial charge in [0.15, 0.2) is 0 Å². The lowest BCUT2D eigenvalue weighted by molar-refractivity contribution is 0.309. The van der Waals surface area contributed by atoms with Gasteiger partial charge in [-0.2, -0.15) is 0 Å². The molecule has 2 N–H and O–H groups in total. The molecule has 1 aliphatic carbocycles. The minimum atomic E-state index is 0.298. The first-order valence-corrected chi connectivity index (χ1v) is 6.45. The van der Waals surface area contributed by atoms with E-state index < -0.39 is 0 Å². The number of hydrazine groups is 1. The van der Waals surface area contributed by atoms with Gasteiger partial charge >= 0.3 is 0 Å². The Morgan fingerprint density at radius 2 is 1.94 bits per heavy atom. The predicted molar refractivity (Wildman–Crippen MR) is 66.5 cm³/mol. The number of nitrogens with one attached hydrogen (secondary N) is 2. The minimum Gasteiger partial charge on any atom is -0.257 e. The topological polar surface area (TPSA) is 24.1 Å². The van der Waals surface area contributed by atoms with Crippen molar-refractivity contribution in [1.29, 1.82) is 0 Å². The molecule has 2 nitrogen and oxygen atoms in total. The molecule has 0 aromatic heterocycles. The van der Waals surface area contributed by atoms with Crippen molar-refractivity contribution in [2.75, 3.05) is 6.54 Å². The zero-order valence-electron chi connectivity index (χ0n) is 9.20. The average Bonchev–Trinajstić information content (AvgIpc) is 2.79. The molecule has 16 heavy (non-hydrogen) atoms.